The maximum absolute atomic E-state index is 3.60. The third kappa shape index (κ3) is 22.7. The van der Waals surface area contributed by atoms with Gasteiger partial charge in [-0.05, 0) is 19.8 Å². The maximum Gasteiger partial charge on any atom is -0.0353 e. The molecule has 0 rings (SSSR count). The van der Waals surface area contributed by atoms with E-state index in [2.05, 4.69) is 39.5 Å². The van der Waals surface area contributed by atoms with Crippen LogP contribution in [0.5, 0.6) is 0 Å². The SMILES string of the molecule is C=CCCCC.CC=CCCC. The topological polar surface area (TPSA) is 0 Å². The van der Waals surface area contributed by atoms with Gasteiger partial charge in [-0.1, -0.05) is 51.3 Å². The largest absolute Gasteiger partial charge is 0.103 e. The van der Waals surface area contributed by atoms with Crippen molar-refractivity contribution in [2.75, 3.05) is 0 Å². The average Bonchev–Trinajstić information content (AvgIpc) is 2.12. The van der Waals surface area contributed by atoms with E-state index in [0.29, 0.717) is 0 Å². The fraction of sp³-hybridized carbons (Fsp3) is 0.667. The van der Waals surface area contributed by atoms with Gasteiger partial charge in [-0.15, -0.1) is 6.58 Å². The van der Waals surface area contributed by atoms with E-state index in [1.807, 2.05) is 6.08 Å². The van der Waals surface area contributed by atoms with Crippen LogP contribution < -0.4 is 0 Å². The molecular formula is C12H24. The van der Waals surface area contributed by atoms with Crippen molar-refractivity contribution in [3.63, 3.8) is 0 Å². The van der Waals surface area contributed by atoms with Crippen LogP contribution in [0.25, 0.3) is 0 Å². The lowest BCUT2D eigenvalue weighted by atomic mass is 10.3. The van der Waals surface area contributed by atoms with E-state index >= 15 is 0 Å². The molecule has 0 spiro atoms. The molecule has 0 aliphatic rings. The predicted octanol–water partition coefficient (Wildman–Crippen LogP) is 4.73. The monoisotopic (exact) mass is 168 g/mol. The number of rotatable bonds is 5. The average molecular weight is 168 g/mol. The van der Waals surface area contributed by atoms with Gasteiger partial charge in [0.2, 0.25) is 0 Å². The van der Waals surface area contributed by atoms with Crippen LogP contribution >= 0.6 is 0 Å². The lowest BCUT2D eigenvalue weighted by molar-refractivity contribution is 0.816. The Bertz CT molecular complexity index is 90.2. The first-order chi connectivity index (χ1) is 5.83. The summed E-state index contributed by atoms with van der Waals surface area (Å²) in [5.41, 5.74) is 0. The fourth-order valence-corrected chi connectivity index (χ4v) is 0.682. The molecular weight excluding hydrogens is 144 g/mol. The van der Waals surface area contributed by atoms with Gasteiger partial charge in [0.1, 0.15) is 0 Å². The van der Waals surface area contributed by atoms with E-state index < -0.39 is 0 Å². The van der Waals surface area contributed by atoms with Crippen LogP contribution in [0.15, 0.2) is 24.8 Å². The quantitative estimate of drug-likeness (QED) is 0.411. The van der Waals surface area contributed by atoms with E-state index in [0.717, 1.165) is 0 Å². The van der Waals surface area contributed by atoms with Gasteiger partial charge in [0.15, 0.2) is 0 Å². The molecule has 0 aliphatic carbocycles. The van der Waals surface area contributed by atoms with Crippen LogP contribution in [0.3, 0.4) is 0 Å². The number of hydrogen-bond acceptors (Lipinski definition) is 0. The second-order valence-electron chi connectivity index (χ2n) is 2.79. The zero-order valence-electron chi connectivity index (χ0n) is 8.97. The van der Waals surface area contributed by atoms with E-state index in [-0.39, 0.29) is 0 Å². The summed E-state index contributed by atoms with van der Waals surface area (Å²) in [5.74, 6) is 0. The first-order valence-electron chi connectivity index (χ1n) is 5.05. The van der Waals surface area contributed by atoms with Crippen molar-refractivity contribution in [2.45, 2.75) is 52.9 Å². The molecule has 0 N–H and O–H groups in total. The summed E-state index contributed by atoms with van der Waals surface area (Å²) >= 11 is 0. The lowest BCUT2D eigenvalue weighted by Crippen LogP contribution is -1.61. The molecule has 0 fully saturated rings. The molecule has 0 unspecified atom stereocenters. The summed E-state index contributed by atoms with van der Waals surface area (Å²) in [6.45, 7) is 10.0. The predicted molar refractivity (Wildman–Crippen MR) is 59.4 cm³/mol. The van der Waals surface area contributed by atoms with Gasteiger partial charge >= 0.3 is 0 Å². The van der Waals surface area contributed by atoms with Gasteiger partial charge in [-0.3, -0.25) is 0 Å². The highest BCUT2D eigenvalue weighted by Gasteiger charge is 1.71. The van der Waals surface area contributed by atoms with Crippen LogP contribution in [0.4, 0.5) is 0 Å². The molecule has 0 saturated heterocycles. The van der Waals surface area contributed by atoms with Gasteiger partial charge in [0.25, 0.3) is 0 Å². The Kier molecular flexibility index (Phi) is 19.7. The highest BCUT2D eigenvalue weighted by molar-refractivity contribution is 4.75. The Balaban J connectivity index is 0. The fourth-order valence-electron chi connectivity index (χ4n) is 0.682. The Morgan fingerprint density at radius 3 is 1.92 bits per heavy atom. The van der Waals surface area contributed by atoms with E-state index in [4.69, 9.17) is 0 Å². The van der Waals surface area contributed by atoms with Crippen molar-refractivity contribution >= 4 is 0 Å². The third-order valence-corrected chi connectivity index (χ3v) is 1.45. The van der Waals surface area contributed by atoms with Gasteiger partial charge in [-0.25, -0.2) is 0 Å². The van der Waals surface area contributed by atoms with Gasteiger partial charge in [0.05, 0.1) is 0 Å². The molecule has 0 heterocycles. The van der Waals surface area contributed by atoms with Crippen molar-refractivity contribution < 1.29 is 0 Å². The maximum atomic E-state index is 3.60. The molecule has 0 bridgehead atoms. The molecule has 0 radical (unpaired) electrons. The Morgan fingerprint density at radius 1 is 1.08 bits per heavy atom. The zero-order chi connectivity index (χ0) is 9.66. The summed E-state index contributed by atoms with van der Waals surface area (Å²) in [4.78, 5) is 0. The molecule has 0 heteroatoms. The number of unbranched alkanes of at least 4 members (excludes halogenated alkanes) is 3. The van der Waals surface area contributed by atoms with E-state index in [1.165, 1.54) is 32.1 Å². The van der Waals surface area contributed by atoms with Crippen LogP contribution in [0, 0.1) is 0 Å². The minimum Gasteiger partial charge on any atom is -0.103 e. The second kappa shape index (κ2) is 16.8. The van der Waals surface area contributed by atoms with Crippen LogP contribution in [0.1, 0.15) is 52.9 Å². The zero-order valence-corrected chi connectivity index (χ0v) is 8.97. The number of hydrogen-bond donors (Lipinski definition) is 0. The van der Waals surface area contributed by atoms with Crippen LogP contribution in [-0.2, 0) is 0 Å². The molecule has 0 aliphatic heterocycles. The summed E-state index contributed by atoms with van der Waals surface area (Å²) in [6, 6.07) is 0. The second-order valence-corrected chi connectivity index (χ2v) is 2.79. The van der Waals surface area contributed by atoms with Crippen molar-refractivity contribution in [1.82, 2.24) is 0 Å². The number of allylic oxidation sites excluding steroid dienone is 3. The minimum absolute atomic E-state index is 1.18. The van der Waals surface area contributed by atoms with Gasteiger partial charge in [-0.2, -0.15) is 0 Å². The highest BCUT2D eigenvalue weighted by atomic mass is 13.8. The summed E-state index contributed by atoms with van der Waals surface area (Å²) in [6.07, 6.45) is 12.5. The van der Waals surface area contributed by atoms with Crippen molar-refractivity contribution in [3.05, 3.63) is 24.8 Å². The van der Waals surface area contributed by atoms with E-state index in [1.54, 1.807) is 0 Å². The molecule has 0 saturated carbocycles. The minimum atomic E-state index is 1.18. The smallest absolute Gasteiger partial charge is 0.0353 e. The highest BCUT2D eigenvalue weighted by Crippen LogP contribution is 1.91. The van der Waals surface area contributed by atoms with Crippen LogP contribution in [0.2, 0.25) is 0 Å². The standard InChI is InChI=1S/2C6H12/c2*1-3-5-6-4-2/h3,5H,4,6H2,1-2H3;3H,1,4-6H2,2H3. The third-order valence-electron chi connectivity index (χ3n) is 1.45. The van der Waals surface area contributed by atoms with Crippen LogP contribution in [-0.4, -0.2) is 0 Å². The molecule has 0 aromatic carbocycles. The van der Waals surface area contributed by atoms with Crippen molar-refractivity contribution in [1.29, 1.82) is 0 Å². The molecule has 0 atom stereocenters. The molecule has 12 heavy (non-hydrogen) atoms. The molecule has 0 nitrogen and oxygen atoms in total. The summed E-state index contributed by atoms with van der Waals surface area (Å²) in [7, 11) is 0. The Morgan fingerprint density at radius 2 is 1.75 bits per heavy atom. The normalized spacial score (nSPS) is 9.25. The van der Waals surface area contributed by atoms with Crippen molar-refractivity contribution in [2.24, 2.45) is 0 Å². The lowest BCUT2D eigenvalue weighted by Gasteiger charge is -1.81. The summed E-state index contributed by atoms with van der Waals surface area (Å²) < 4.78 is 0. The summed E-state index contributed by atoms with van der Waals surface area (Å²) in [5, 5.41) is 0. The Hall–Kier alpha value is -0.520. The molecule has 0 aromatic rings. The van der Waals surface area contributed by atoms with Gasteiger partial charge in [0, 0.05) is 0 Å². The first kappa shape index (κ1) is 14.0. The van der Waals surface area contributed by atoms with Gasteiger partial charge < -0.3 is 0 Å². The van der Waals surface area contributed by atoms with E-state index in [9.17, 15) is 0 Å². The first-order valence-corrected chi connectivity index (χ1v) is 5.05. The molecule has 0 amide bonds. The molecule has 0 aromatic heterocycles. The molecule has 72 valence electrons. The Labute approximate surface area is 78.4 Å². The van der Waals surface area contributed by atoms with Crippen molar-refractivity contribution in [3.8, 4) is 0 Å².